The number of hydrogen-bond donors (Lipinski definition) is 1. The number of H-pyrrole nitrogens is 1. The fourth-order valence-corrected chi connectivity index (χ4v) is 4.94. The van der Waals surface area contributed by atoms with Crippen molar-refractivity contribution in [2.75, 3.05) is 13.1 Å². The first-order valence-corrected chi connectivity index (χ1v) is 12.1. The number of carbonyl (C=O) groups is 1. The molecule has 7 heteroatoms. The van der Waals surface area contributed by atoms with Crippen molar-refractivity contribution in [1.82, 2.24) is 20.1 Å². The van der Waals surface area contributed by atoms with E-state index in [1.807, 2.05) is 25.1 Å². The molecule has 1 amide bonds. The summed E-state index contributed by atoms with van der Waals surface area (Å²) in [4.78, 5) is 19.9. The molecule has 1 saturated heterocycles. The van der Waals surface area contributed by atoms with Crippen LogP contribution in [0.4, 0.5) is 4.39 Å². The van der Waals surface area contributed by atoms with Gasteiger partial charge in [-0.25, -0.2) is 9.37 Å². The van der Waals surface area contributed by atoms with Gasteiger partial charge in [0.1, 0.15) is 12.0 Å². The van der Waals surface area contributed by atoms with E-state index < -0.39 is 12.1 Å². The molecule has 6 nitrogen and oxygen atoms in total. The van der Waals surface area contributed by atoms with Crippen molar-refractivity contribution in [3.05, 3.63) is 70.5 Å². The number of hydrogen-bond acceptors (Lipinski definition) is 4. The number of benzene rings is 2. The molecule has 5 rings (SSSR count). The molecule has 174 valence electrons. The van der Waals surface area contributed by atoms with E-state index in [4.69, 9.17) is 5.26 Å². The number of piperidine rings is 1. The molecule has 2 atom stereocenters. The Morgan fingerprint density at radius 2 is 2.00 bits per heavy atom. The minimum absolute atomic E-state index is 0.0989. The summed E-state index contributed by atoms with van der Waals surface area (Å²) in [7, 11) is 0. The average Bonchev–Trinajstić information content (AvgIpc) is 3.32. The summed E-state index contributed by atoms with van der Waals surface area (Å²) in [6.45, 7) is 2.72. The molecule has 34 heavy (non-hydrogen) atoms. The third kappa shape index (κ3) is 4.21. The monoisotopic (exact) mass is 457 g/mol. The number of aromatic nitrogens is 3. The quantitative estimate of drug-likeness (QED) is 0.575. The Morgan fingerprint density at radius 1 is 1.21 bits per heavy atom. The summed E-state index contributed by atoms with van der Waals surface area (Å²) in [5.74, 6) is 1.43. The van der Waals surface area contributed by atoms with E-state index in [9.17, 15) is 9.18 Å². The molecule has 2 aliphatic rings. The van der Waals surface area contributed by atoms with E-state index in [0.717, 1.165) is 36.2 Å². The van der Waals surface area contributed by atoms with Crippen molar-refractivity contribution in [2.45, 2.75) is 57.0 Å². The summed E-state index contributed by atoms with van der Waals surface area (Å²) in [5.41, 5.74) is 4.05. The average molecular weight is 458 g/mol. The van der Waals surface area contributed by atoms with E-state index in [0.29, 0.717) is 42.4 Å². The smallest absolute Gasteiger partial charge is 0.253 e. The van der Waals surface area contributed by atoms with Crippen LogP contribution in [0.2, 0.25) is 0 Å². The second kappa shape index (κ2) is 9.38. The molecule has 1 aliphatic carbocycles. The lowest BCUT2D eigenvalue weighted by molar-refractivity contribution is 0.0625. The third-order valence-electron chi connectivity index (χ3n) is 7.24. The van der Waals surface area contributed by atoms with Gasteiger partial charge >= 0.3 is 0 Å². The number of nitrogens with zero attached hydrogens (tertiary/aromatic N) is 4. The first-order chi connectivity index (χ1) is 16.6. The molecule has 2 fully saturated rings. The van der Waals surface area contributed by atoms with Crippen LogP contribution in [-0.4, -0.2) is 45.2 Å². The maximum atomic E-state index is 14.8. The Hall–Kier alpha value is -3.53. The van der Waals surface area contributed by atoms with Gasteiger partial charge in [0.05, 0.1) is 11.6 Å². The number of alkyl halides is 1. The topological polar surface area (TPSA) is 85.7 Å². The molecule has 0 spiro atoms. The highest BCUT2D eigenvalue weighted by molar-refractivity contribution is 5.95. The van der Waals surface area contributed by atoms with Crippen LogP contribution in [0.25, 0.3) is 11.4 Å². The second-order valence-corrected chi connectivity index (χ2v) is 9.29. The SMILES string of the molecule is CCc1nc(-c2cc(C(=O)N3CCC(F)C(c4ccc(C#N)cc4)C3)ccc2C2CCC2)n[nH]1. The molecular weight excluding hydrogens is 429 g/mol. The van der Waals surface area contributed by atoms with Crippen molar-refractivity contribution in [3.8, 4) is 17.5 Å². The maximum absolute atomic E-state index is 14.8. The Labute approximate surface area is 198 Å². The van der Waals surface area contributed by atoms with Crippen LogP contribution in [0.15, 0.2) is 42.5 Å². The van der Waals surface area contributed by atoms with E-state index >= 15 is 0 Å². The molecule has 2 heterocycles. The van der Waals surface area contributed by atoms with Gasteiger partial charge in [0.2, 0.25) is 0 Å². The zero-order chi connectivity index (χ0) is 23.7. The van der Waals surface area contributed by atoms with Crippen molar-refractivity contribution in [2.24, 2.45) is 0 Å². The predicted octanol–water partition coefficient (Wildman–Crippen LogP) is 5.14. The van der Waals surface area contributed by atoms with Gasteiger partial charge in [0, 0.05) is 36.6 Å². The van der Waals surface area contributed by atoms with Crippen LogP contribution in [0.3, 0.4) is 0 Å². The van der Waals surface area contributed by atoms with E-state index in [-0.39, 0.29) is 5.91 Å². The van der Waals surface area contributed by atoms with Gasteiger partial charge in [-0.1, -0.05) is 31.5 Å². The fraction of sp³-hybridized carbons (Fsp3) is 0.407. The number of nitriles is 1. The maximum Gasteiger partial charge on any atom is 0.253 e. The molecule has 1 aliphatic heterocycles. The highest BCUT2D eigenvalue weighted by Crippen LogP contribution is 2.41. The van der Waals surface area contributed by atoms with Crippen LogP contribution in [0.5, 0.6) is 0 Å². The standard InChI is InChI=1S/C27H28FN5O/c1-2-25-30-26(32-31-25)22-14-20(10-11-21(22)18-4-3-5-18)27(34)33-13-12-24(28)23(16-33)19-8-6-17(15-29)7-9-19/h6-11,14,18,23-24H,2-5,12-13,16H2,1H3,(H,30,31,32). The van der Waals surface area contributed by atoms with Crippen molar-refractivity contribution >= 4 is 5.91 Å². The minimum atomic E-state index is -1.02. The van der Waals surface area contributed by atoms with Gasteiger partial charge in [-0.2, -0.15) is 10.4 Å². The Kier molecular flexibility index (Phi) is 6.14. The molecule has 2 aromatic carbocycles. The highest BCUT2D eigenvalue weighted by Gasteiger charge is 2.33. The Bertz CT molecular complexity index is 1220. The van der Waals surface area contributed by atoms with Gasteiger partial charge in [-0.3, -0.25) is 9.89 Å². The molecule has 1 N–H and O–H groups in total. The molecule has 0 bridgehead atoms. The van der Waals surface area contributed by atoms with Crippen molar-refractivity contribution < 1.29 is 9.18 Å². The Morgan fingerprint density at radius 3 is 2.65 bits per heavy atom. The molecular formula is C27H28FN5O. The van der Waals surface area contributed by atoms with Crippen molar-refractivity contribution in [3.63, 3.8) is 0 Å². The zero-order valence-electron chi connectivity index (χ0n) is 19.3. The number of rotatable bonds is 5. The number of amides is 1. The number of halogens is 1. The largest absolute Gasteiger partial charge is 0.338 e. The fourth-order valence-electron chi connectivity index (χ4n) is 4.94. The number of nitrogens with one attached hydrogen (secondary N) is 1. The normalized spacial score (nSPS) is 20.6. The number of aryl methyl sites for hydroxylation is 1. The lowest BCUT2D eigenvalue weighted by atomic mass is 9.77. The Balaban J connectivity index is 1.42. The van der Waals surface area contributed by atoms with Crippen LogP contribution in [0.1, 0.15) is 77.3 Å². The molecule has 2 unspecified atom stereocenters. The third-order valence-corrected chi connectivity index (χ3v) is 7.24. The van der Waals surface area contributed by atoms with Gasteiger partial charge < -0.3 is 4.90 Å². The lowest BCUT2D eigenvalue weighted by Gasteiger charge is -2.35. The van der Waals surface area contributed by atoms with Crippen LogP contribution >= 0.6 is 0 Å². The second-order valence-electron chi connectivity index (χ2n) is 9.29. The number of carbonyl (C=O) groups excluding carboxylic acids is 1. The van der Waals surface area contributed by atoms with Crippen molar-refractivity contribution in [1.29, 1.82) is 5.26 Å². The summed E-state index contributed by atoms with van der Waals surface area (Å²) in [5, 5.41) is 16.4. The van der Waals surface area contributed by atoms with Crippen LogP contribution in [-0.2, 0) is 6.42 Å². The molecule has 1 aromatic heterocycles. The summed E-state index contributed by atoms with van der Waals surface area (Å²) in [6, 6.07) is 14.9. The summed E-state index contributed by atoms with van der Waals surface area (Å²) < 4.78 is 14.8. The highest BCUT2D eigenvalue weighted by atomic mass is 19.1. The van der Waals surface area contributed by atoms with Gasteiger partial charge in [0.25, 0.3) is 5.91 Å². The van der Waals surface area contributed by atoms with Gasteiger partial charge in [0.15, 0.2) is 5.82 Å². The predicted molar refractivity (Wildman–Crippen MR) is 127 cm³/mol. The summed E-state index contributed by atoms with van der Waals surface area (Å²) in [6.07, 6.45) is 3.54. The first kappa shape index (κ1) is 22.3. The van der Waals surface area contributed by atoms with E-state index in [1.165, 1.54) is 12.0 Å². The number of likely N-dealkylation sites (tertiary alicyclic amines) is 1. The lowest BCUT2D eigenvalue weighted by Crippen LogP contribution is -2.43. The molecule has 0 radical (unpaired) electrons. The van der Waals surface area contributed by atoms with Gasteiger partial charge in [-0.15, -0.1) is 0 Å². The van der Waals surface area contributed by atoms with Gasteiger partial charge in [-0.05, 0) is 60.6 Å². The van der Waals surface area contributed by atoms with Crippen LogP contribution < -0.4 is 0 Å². The van der Waals surface area contributed by atoms with E-state index in [2.05, 4.69) is 21.3 Å². The molecule has 1 saturated carbocycles. The summed E-state index contributed by atoms with van der Waals surface area (Å²) >= 11 is 0. The first-order valence-electron chi connectivity index (χ1n) is 12.1. The molecule has 3 aromatic rings. The minimum Gasteiger partial charge on any atom is -0.338 e. The number of aromatic amines is 1. The zero-order valence-corrected chi connectivity index (χ0v) is 19.3. The van der Waals surface area contributed by atoms with Crippen LogP contribution in [0, 0.1) is 11.3 Å². The van der Waals surface area contributed by atoms with E-state index in [1.54, 1.807) is 29.2 Å².